The smallest absolute Gasteiger partial charge is 0.337 e. The van der Waals surface area contributed by atoms with Gasteiger partial charge in [-0.3, -0.25) is 4.79 Å². The Bertz CT molecular complexity index is 1030. The molecule has 1 aliphatic carbocycles. The van der Waals surface area contributed by atoms with E-state index < -0.39 is 54.7 Å². The van der Waals surface area contributed by atoms with Crippen molar-refractivity contribution in [3.63, 3.8) is 0 Å². The molecular formula is C27H34O9. The standard InChI is InChI=1S/C27H34O9/c1-7-19(13-28)26(31)33-14-20(8-2)27(32)36-22-11-15(3)9-10-21(34-18(6)29)16(4)12-23-24(22)17(5)25(30)35-23/h7-9,12,21-24,28H,5,10-11,13-14H2,1-4,6H3/t21-,22+,23-,24+/m0/s1. The third-order valence-corrected chi connectivity index (χ3v) is 6.12. The number of hydrogen-bond acceptors (Lipinski definition) is 9. The lowest BCUT2D eigenvalue weighted by molar-refractivity contribution is -0.149. The number of hydrogen-bond donors (Lipinski definition) is 1. The Hall–Kier alpha value is -3.46. The van der Waals surface area contributed by atoms with Crippen LogP contribution < -0.4 is 0 Å². The maximum Gasteiger partial charge on any atom is 0.337 e. The van der Waals surface area contributed by atoms with Crippen molar-refractivity contribution >= 4 is 23.9 Å². The molecule has 2 rings (SSSR count). The van der Waals surface area contributed by atoms with Crippen molar-refractivity contribution in [3.8, 4) is 0 Å². The molecule has 0 aromatic carbocycles. The molecule has 0 aromatic heterocycles. The van der Waals surface area contributed by atoms with Gasteiger partial charge in [-0.15, -0.1) is 0 Å². The van der Waals surface area contributed by atoms with Crippen molar-refractivity contribution in [2.45, 2.75) is 65.8 Å². The molecule has 1 fully saturated rings. The zero-order valence-corrected chi connectivity index (χ0v) is 21.4. The van der Waals surface area contributed by atoms with Gasteiger partial charge in [0.15, 0.2) is 0 Å². The molecule has 36 heavy (non-hydrogen) atoms. The van der Waals surface area contributed by atoms with Gasteiger partial charge in [0.05, 0.1) is 23.7 Å². The molecule has 9 nitrogen and oxygen atoms in total. The summed E-state index contributed by atoms with van der Waals surface area (Å²) in [7, 11) is 0. The Labute approximate surface area is 211 Å². The summed E-state index contributed by atoms with van der Waals surface area (Å²) in [5.41, 5.74) is 1.91. The van der Waals surface area contributed by atoms with Gasteiger partial charge in [-0.05, 0) is 39.3 Å². The van der Waals surface area contributed by atoms with Crippen LogP contribution in [0.1, 0.15) is 47.5 Å². The molecule has 1 heterocycles. The Morgan fingerprint density at radius 2 is 1.81 bits per heavy atom. The highest BCUT2D eigenvalue weighted by Gasteiger charge is 2.45. The fourth-order valence-corrected chi connectivity index (χ4v) is 4.01. The lowest BCUT2D eigenvalue weighted by Gasteiger charge is -2.28. The van der Waals surface area contributed by atoms with Crippen molar-refractivity contribution in [2.24, 2.45) is 5.92 Å². The lowest BCUT2D eigenvalue weighted by atomic mass is 9.85. The van der Waals surface area contributed by atoms with E-state index in [1.54, 1.807) is 26.8 Å². The minimum Gasteiger partial charge on any atom is -0.458 e. The molecule has 9 heteroatoms. The Morgan fingerprint density at radius 1 is 1.14 bits per heavy atom. The predicted octanol–water partition coefficient (Wildman–Crippen LogP) is 3.04. The Kier molecular flexibility index (Phi) is 10.4. The number of rotatable bonds is 7. The predicted molar refractivity (Wildman–Crippen MR) is 130 cm³/mol. The van der Waals surface area contributed by atoms with Crippen molar-refractivity contribution in [3.05, 3.63) is 58.7 Å². The fraction of sp³-hybridized carbons (Fsp3) is 0.481. The van der Waals surface area contributed by atoms with Crippen molar-refractivity contribution < 1.29 is 43.2 Å². The number of allylic oxidation sites excluding steroid dienone is 2. The van der Waals surface area contributed by atoms with Crippen molar-refractivity contribution in [2.75, 3.05) is 13.2 Å². The van der Waals surface area contributed by atoms with Gasteiger partial charge in [0.25, 0.3) is 0 Å². The molecular weight excluding hydrogens is 468 g/mol. The van der Waals surface area contributed by atoms with E-state index in [1.165, 1.54) is 19.1 Å². The first-order valence-electron chi connectivity index (χ1n) is 11.7. The molecule has 2 aliphatic rings. The van der Waals surface area contributed by atoms with Crippen molar-refractivity contribution in [1.82, 2.24) is 0 Å². The van der Waals surface area contributed by atoms with E-state index >= 15 is 0 Å². The summed E-state index contributed by atoms with van der Waals surface area (Å²) >= 11 is 0. The van der Waals surface area contributed by atoms with E-state index in [1.807, 2.05) is 13.0 Å². The summed E-state index contributed by atoms with van der Waals surface area (Å²) in [5, 5.41) is 9.22. The normalized spacial score (nSPS) is 25.2. The molecule has 196 valence electrons. The van der Waals surface area contributed by atoms with Gasteiger partial charge in [-0.25, -0.2) is 14.4 Å². The second kappa shape index (κ2) is 13.0. The van der Waals surface area contributed by atoms with Crippen LogP contribution in [-0.4, -0.2) is 60.5 Å². The second-order valence-corrected chi connectivity index (χ2v) is 8.73. The Morgan fingerprint density at radius 3 is 2.39 bits per heavy atom. The molecule has 0 saturated carbocycles. The molecule has 0 radical (unpaired) electrons. The third-order valence-electron chi connectivity index (χ3n) is 6.12. The van der Waals surface area contributed by atoms with E-state index in [4.69, 9.17) is 18.9 Å². The monoisotopic (exact) mass is 502 g/mol. The zero-order chi connectivity index (χ0) is 27.0. The summed E-state index contributed by atoms with van der Waals surface area (Å²) < 4.78 is 21.9. The number of esters is 4. The number of fused-ring (bicyclic) bond motifs is 1. The van der Waals surface area contributed by atoms with E-state index in [2.05, 4.69) is 6.58 Å². The van der Waals surface area contributed by atoms with Crippen LogP contribution >= 0.6 is 0 Å². The van der Waals surface area contributed by atoms with Gasteiger partial charge in [0, 0.05) is 25.3 Å². The molecule has 0 aromatic rings. The van der Waals surface area contributed by atoms with Crippen LogP contribution in [0.3, 0.4) is 0 Å². The van der Waals surface area contributed by atoms with Gasteiger partial charge in [0.1, 0.15) is 24.9 Å². The Balaban J connectivity index is 2.30. The van der Waals surface area contributed by atoms with Crippen molar-refractivity contribution in [1.29, 1.82) is 0 Å². The van der Waals surface area contributed by atoms with E-state index in [9.17, 15) is 24.3 Å². The van der Waals surface area contributed by atoms with Crippen LogP contribution in [-0.2, 0) is 38.1 Å². The first kappa shape index (κ1) is 28.8. The lowest BCUT2D eigenvalue weighted by Crippen LogP contribution is -2.35. The average Bonchev–Trinajstić information content (AvgIpc) is 3.09. The summed E-state index contributed by atoms with van der Waals surface area (Å²) in [6.45, 7) is 11.2. The van der Waals surface area contributed by atoms with Gasteiger partial charge in [-0.2, -0.15) is 0 Å². The molecule has 0 unspecified atom stereocenters. The number of aliphatic hydroxyl groups is 1. The molecule has 0 amide bonds. The van der Waals surface area contributed by atoms with E-state index in [0.29, 0.717) is 12.0 Å². The van der Waals surface area contributed by atoms with Crippen LogP contribution in [0.15, 0.2) is 58.7 Å². The first-order valence-corrected chi connectivity index (χ1v) is 11.7. The van der Waals surface area contributed by atoms with Crippen LogP contribution in [0.2, 0.25) is 0 Å². The second-order valence-electron chi connectivity index (χ2n) is 8.73. The average molecular weight is 503 g/mol. The van der Waals surface area contributed by atoms with E-state index in [-0.39, 0.29) is 29.7 Å². The maximum absolute atomic E-state index is 13.0. The first-order chi connectivity index (χ1) is 17.0. The molecule has 0 bridgehead atoms. The van der Waals surface area contributed by atoms with Crippen LogP contribution in [0.5, 0.6) is 0 Å². The largest absolute Gasteiger partial charge is 0.458 e. The quantitative estimate of drug-likeness (QED) is 0.242. The minimum atomic E-state index is -0.791. The summed E-state index contributed by atoms with van der Waals surface area (Å²) in [4.78, 5) is 49.1. The SMILES string of the molecule is C=C1C(=O)O[C@H]2C=C(C)[C@@H](OC(C)=O)CC=C(C)C[C@@H](OC(=O)C(=CC)COC(=O)C(=CC)CO)[C@@H]12. The maximum atomic E-state index is 13.0. The minimum absolute atomic E-state index is 0.0712. The molecule has 4 atom stereocenters. The summed E-state index contributed by atoms with van der Waals surface area (Å²) in [6, 6.07) is 0. The van der Waals surface area contributed by atoms with Crippen LogP contribution in [0.25, 0.3) is 0 Å². The van der Waals surface area contributed by atoms with E-state index in [0.717, 1.165) is 5.57 Å². The highest BCUT2D eigenvalue weighted by Crippen LogP contribution is 2.36. The van der Waals surface area contributed by atoms with Gasteiger partial charge in [0.2, 0.25) is 0 Å². The highest BCUT2D eigenvalue weighted by atomic mass is 16.6. The molecule has 1 saturated heterocycles. The number of carbonyl (C=O) groups is 4. The number of aliphatic hydroxyl groups excluding tert-OH is 1. The van der Waals surface area contributed by atoms with Gasteiger partial charge < -0.3 is 24.1 Å². The fourth-order valence-electron chi connectivity index (χ4n) is 4.01. The van der Waals surface area contributed by atoms with Gasteiger partial charge in [-0.1, -0.05) is 30.4 Å². The molecule has 1 aliphatic heterocycles. The topological polar surface area (TPSA) is 125 Å². The number of ether oxygens (including phenoxy) is 4. The summed E-state index contributed by atoms with van der Waals surface area (Å²) in [6.07, 6.45) is 5.13. The molecule has 0 spiro atoms. The van der Waals surface area contributed by atoms with Gasteiger partial charge >= 0.3 is 23.9 Å². The highest BCUT2D eigenvalue weighted by molar-refractivity contribution is 5.93. The number of carbonyl (C=O) groups excluding carboxylic acids is 4. The van der Waals surface area contributed by atoms with Crippen LogP contribution in [0, 0.1) is 5.92 Å². The van der Waals surface area contributed by atoms with Crippen LogP contribution in [0.4, 0.5) is 0 Å². The molecule has 1 N–H and O–H groups in total. The third kappa shape index (κ3) is 7.27. The summed E-state index contributed by atoms with van der Waals surface area (Å²) in [5.74, 6) is -3.14. The zero-order valence-electron chi connectivity index (χ0n) is 21.4.